The van der Waals surface area contributed by atoms with Crippen molar-refractivity contribution in [3.05, 3.63) is 54.7 Å². The first-order chi connectivity index (χ1) is 9.34. The van der Waals surface area contributed by atoms with E-state index in [0.717, 1.165) is 5.75 Å². The molecule has 0 aliphatic carbocycles. The van der Waals surface area contributed by atoms with Crippen molar-refractivity contribution in [2.75, 3.05) is 17.6 Å². The molecule has 2 rings (SSSR count). The lowest BCUT2D eigenvalue weighted by Crippen LogP contribution is -2.30. The van der Waals surface area contributed by atoms with Crippen LogP contribution in [0.5, 0.6) is 0 Å². The van der Waals surface area contributed by atoms with Gasteiger partial charge in [-0.25, -0.2) is 9.78 Å². The van der Waals surface area contributed by atoms with E-state index in [4.69, 9.17) is 0 Å². The molecule has 1 aromatic carbocycles. The molecule has 0 aliphatic rings. The summed E-state index contributed by atoms with van der Waals surface area (Å²) in [5.74, 6) is 1.38. The van der Waals surface area contributed by atoms with Crippen LogP contribution in [-0.4, -0.2) is 23.3 Å². The van der Waals surface area contributed by atoms with Crippen LogP contribution in [0.4, 0.5) is 10.6 Å². The van der Waals surface area contributed by atoms with Gasteiger partial charge in [0.2, 0.25) is 0 Å². The Morgan fingerprint density at radius 3 is 2.63 bits per heavy atom. The number of carbonyl (C=O) groups excluding carboxylic acids is 1. The van der Waals surface area contributed by atoms with Gasteiger partial charge < -0.3 is 5.32 Å². The molecule has 0 radical (unpaired) electrons. The number of urea groups is 1. The average Bonchev–Trinajstić information content (AvgIpc) is 2.46. The molecular weight excluding hydrogens is 258 g/mol. The lowest BCUT2D eigenvalue weighted by Gasteiger charge is -2.06. The standard InChI is InChI=1S/C14H15N3OS/c18-14(17-13-8-4-5-9-15-13)16-10-11-19-12-6-2-1-3-7-12/h1-9H,10-11H2,(H2,15,16,17,18). The highest BCUT2D eigenvalue weighted by molar-refractivity contribution is 7.99. The van der Waals surface area contributed by atoms with Crippen molar-refractivity contribution in [2.45, 2.75) is 4.90 Å². The van der Waals surface area contributed by atoms with Gasteiger partial charge in [-0.3, -0.25) is 5.32 Å². The number of hydrogen-bond donors (Lipinski definition) is 2. The molecule has 0 bridgehead atoms. The topological polar surface area (TPSA) is 54.0 Å². The van der Waals surface area contributed by atoms with Gasteiger partial charge in [0, 0.05) is 23.4 Å². The van der Waals surface area contributed by atoms with Crippen molar-refractivity contribution >= 4 is 23.6 Å². The minimum Gasteiger partial charge on any atom is -0.337 e. The molecule has 2 amide bonds. The van der Waals surface area contributed by atoms with Crippen molar-refractivity contribution < 1.29 is 4.79 Å². The lowest BCUT2D eigenvalue weighted by molar-refractivity contribution is 0.252. The fourth-order valence-electron chi connectivity index (χ4n) is 1.45. The largest absolute Gasteiger partial charge is 0.337 e. The summed E-state index contributed by atoms with van der Waals surface area (Å²) in [7, 11) is 0. The Hall–Kier alpha value is -2.01. The molecule has 1 heterocycles. The number of carbonyl (C=O) groups is 1. The number of thioether (sulfide) groups is 1. The van der Waals surface area contributed by atoms with Crippen LogP contribution in [0, 0.1) is 0 Å². The third-order valence-corrected chi connectivity index (χ3v) is 3.32. The highest BCUT2D eigenvalue weighted by Crippen LogP contribution is 2.15. The molecule has 0 unspecified atom stereocenters. The van der Waals surface area contributed by atoms with E-state index in [1.54, 1.807) is 30.1 Å². The van der Waals surface area contributed by atoms with E-state index in [-0.39, 0.29) is 6.03 Å². The third kappa shape index (κ3) is 5.01. The number of rotatable bonds is 5. The molecule has 1 aromatic heterocycles. The van der Waals surface area contributed by atoms with E-state index in [1.807, 2.05) is 24.3 Å². The fourth-order valence-corrected chi connectivity index (χ4v) is 2.24. The summed E-state index contributed by atoms with van der Waals surface area (Å²) in [6, 6.07) is 15.3. The molecular formula is C14H15N3OS. The number of nitrogens with one attached hydrogen (secondary N) is 2. The molecule has 98 valence electrons. The SMILES string of the molecule is O=C(NCCSc1ccccc1)Nc1ccccn1. The Bertz CT molecular complexity index is 505. The van der Waals surface area contributed by atoms with Crippen molar-refractivity contribution in [1.82, 2.24) is 10.3 Å². The molecule has 2 N–H and O–H groups in total. The summed E-state index contributed by atoms with van der Waals surface area (Å²) in [6.07, 6.45) is 1.64. The Morgan fingerprint density at radius 1 is 1.11 bits per heavy atom. The second-order valence-corrected chi connectivity index (χ2v) is 4.93. The first-order valence-electron chi connectivity index (χ1n) is 5.98. The molecule has 5 heteroatoms. The predicted octanol–water partition coefficient (Wildman–Crippen LogP) is 3.00. The highest BCUT2D eigenvalue weighted by Gasteiger charge is 2.01. The zero-order valence-corrected chi connectivity index (χ0v) is 11.2. The van der Waals surface area contributed by atoms with E-state index in [0.29, 0.717) is 12.4 Å². The molecule has 0 saturated heterocycles. The Morgan fingerprint density at radius 2 is 1.89 bits per heavy atom. The van der Waals surface area contributed by atoms with Crippen LogP contribution >= 0.6 is 11.8 Å². The van der Waals surface area contributed by atoms with Crippen molar-refractivity contribution in [3.8, 4) is 0 Å². The minimum atomic E-state index is -0.229. The molecule has 0 fully saturated rings. The first kappa shape index (κ1) is 13.4. The van der Waals surface area contributed by atoms with Gasteiger partial charge in [-0.1, -0.05) is 24.3 Å². The maximum Gasteiger partial charge on any atom is 0.320 e. The van der Waals surface area contributed by atoms with E-state index < -0.39 is 0 Å². The van der Waals surface area contributed by atoms with E-state index >= 15 is 0 Å². The first-order valence-corrected chi connectivity index (χ1v) is 6.97. The van der Waals surface area contributed by atoms with Crippen LogP contribution in [0.3, 0.4) is 0 Å². The minimum absolute atomic E-state index is 0.229. The fraction of sp³-hybridized carbons (Fsp3) is 0.143. The summed E-state index contributed by atoms with van der Waals surface area (Å²) in [5.41, 5.74) is 0. The smallest absolute Gasteiger partial charge is 0.320 e. The van der Waals surface area contributed by atoms with E-state index in [2.05, 4.69) is 27.8 Å². The van der Waals surface area contributed by atoms with E-state index in [1.165, 1.54) is 4.90 Å². The molecule has 0 saturated carbocycles. The zero-order chi connectivity index (χ0) is 13.3. The monoisotopic (exact) mass is 273 g/mol. The Balaban J connectivity index is 1.65. The lowest BCUT2D eigenvalue weighted by atomic mass is 10.4. The molecule has 0 spiro atoms. The van der Waals surface area contributed by atoms with Crippen LogP contribution in [0.25, 0.3) is 0 Å². The van der Waals surface area contributed by atoms with Gasteiger partial charge in [-0.05, 0) is 24.3 Å². The van der Waals surface area contributed by atoms with Crippen molar-refractivity contribution in [3.63, 3.8) is 0 Å². The molecule has 4 nitrogen and oxygen atoms in total. The summed E-state index contributed by atoms with van der Waals surface area (Å²) >= 11 is 1.71. The van der Waals surface area contributed by atoms with Crippen LogP contribution in [-0.2, 0) is 0 Å². The summed E-state index contributed by atoms with van der Waals surface area (Å²) in [4.78, 5) is 16.8. The maximum absolute atomic E-state index is 11.6. The van der Waals surface area contributed by atoms with Crippen LogP contribution in [0.1, 0.15) is 0 Å². The van der Waals surface area contributed by atoms with E-state index in [9.17, 15) is 4.79 Å². The molecule has 0 aliphatic heterocycles. The predicted molar refractivity (Wildman–Crippen MR) is 78.4 cm³/mol. The summed E-state index contributed by atoms with van der Waals surface area (Å²) in [5, 5.41) is 5.46. The Labute approximate surface area is 116 Å². The number of nitrogens with zero attached hydrogens (tertiary/aromatic N) is 1. The van der Waals surface area contributed by atoms with Gasteiger partial charge in [0.25, 0.3) is 0 Å². The van der Waals surface area contributed by atoms with Gasteiger partial charge in [-0.2, -0.15) is 0 Å². The second kappa shape index (κ2) is 7.43. The normalized spacial score (nSPS) is 9.89. The molecule has 0 atom stereocenters. The molecule has 2 aromatic rings. The van der Waals surface area contributed by atoms with Crippen molar-refractivity contribution in [1.29, 1.82) is 0 Å². The molecule has 19 heavy (non-hydrogen) atoms. The number of pyridine rings is 1. The summed E-state index contributed by atoms with van der Waals surface area (Å²) in [6.45, 7) is 0.609. The third-order valence-electron chi connectivity index (χ3n) is 2.31. The summed E-state index contributed by atoms with van der Waals surface area (Å²) < 4.78 is 0. The van der Waals surface area contributed by atoms with Gasteiger partial charge in [0.1, 0.15) is 5.82 Å². The van der Waals surface area contributed by atoms with Crippen LogP contribution in [0.15, 0.2) is 59.6 Å². The highest BCUT2D eigenvalue weighted by atomic mass is 32.2. The van der Waals surface area contributed by atoms with Gasteiger partial charge in [0.05, 0.1) is 0 Å². The van der Waals surface area contributed by atoms with Gasteiger partial charge in [0.15, 0.2) is 0 Å². The quantitative estimate of drug-likeness (QED) is 0.650. The van der Waals surface area contributed by atoms with Gasteiger partial charge >= 0.3 is 6.03 Å². The van der Waals surface area contributed by atoms with Crippen LogP contribution < -0.4 is 10.6 Å². The number of amides is 2. The van der Waals surface area contributed by atoms with Crippen molar-refractivity contribution in [2.24, 2.45) is 0 Å². The maximum atomic E-state index is 11.6. The van der Waals surface area contributed by atoms with Gasteiger partial charge in [-0.15, -0.1) is 11.8 Å². The number of hydrogen-bond acceptors (Lipinski definition) is 3. The van der Waals surface area contributed by atoms with Crippen LogP contribution in [0.2, 0.25) is 0 Å². The number of anilines is 1. The zero-order valence-electron chi connectivity index (χ0n) is 10.4. The second-order valence-electron chi connectivity index (χ2n) is 3.76. The Kier molecular flexibility index (Phi) is 5.25. The number of benzene rings is 1. The number of aromatic nitrogens is 1. The average molecular weight is 273 g/mol.